The van der Waals surface area contributed by atoms with Gasteiger partial charge in [0, 0.05) is 18.4 Å². The summed E-state index contributed by atoms with van der Waals surface area (Å²) in [6.07, 6.45) is 2.84. The van der Waals surface area contributed by atoms with E-state index in [2.05, 4.69) is 70.9 Å². The number of carbonyl (C=O) groups excluding carboxylic acids is 1. The molecule has 4 heteroatoms. The number of rotatable bonds is 8. The SMILES string of the molecule is O=C(NCc1ccc(F)cc1)C1CCN(CCC(c2ccccc2)c2ccccc2)CC1. The summed E-state index contributed by atoms with van der Waals surface area (Å²) in [5.41, 5.74) is 3.63. The number of hydrogen-bond donors (Lipinski definition) is 1. The number of nitrogens with zero attached hydrogens (tertiary/aromatic N) is 1. The first-order chi connectivity index (χ1) is 15.7. The van der Waals surface area contributed by atoms with Gasteiger partial charge in [-0.25, -0.2) is 4.39 Å². The van der Waals surface area contributed by atoms with Crippen LogP contribution >= 0.6 is 0 Å². The van der Waals surface area contributed by atoms with Crippen LogP contribution in [0, 0.1) is 11.7 Å². The Kier molecular flexibility index (Phi) is 7.68. The molecule has 1 aliphatic rings. The molecule has 1 fully saturated rings. The van der Waals surface area contributed by atoms with Crippen LogP contribution in [0.15, 0.2) is 84.9 Å². The molecule has 32 heavy (non-hydrogen) atoms. The molecule has 0 spiro atoms. The molecule has 1 aliphatic heterocycles. The van der Waals surface area contributed by atoms with Gasteiger partial charge in [0.2, 0.25) is 5.91 Å². The minimum Gasteiger partial charge on any atom is -0.352 e. The number of benzene rings is 3. The molecule has 1 N–H and O–H groups in total. The molecule has 0 aliphatic carbocycles. The van der Waals surface area contributed by atoms with Crippen molar-refractivity contribution < 1.29 is 9.18 Å². The Morgan fingerprint density at radius 3 is 2.00 bits per heavy atom. The van der Waals surface area contributed by atoms with Crippen LogP contribution < -0.4 is 5.32 Å². The van der Waals surface area contributed by atoms with Crippen LogP contribution in [0.2, 0.25) is 0 Å². The van der Waals surface area contributed by atoms with E-state index in [4.69, 9.17) is 0 Å². The van der Waals surface area contributed by atoms with Crippen molar-refractivity contribution >= 4 is 5.91 Å². The van der Waals surface area contributed by atoms with E-state index in [1.54, 1.807) is 12.1 Å². The maximum atomic E-state index is 13.0. The Labute approximate surface area is 190 Å². The molecule has 1 saturated heterocycles. The van der Waals surface area contributed by atoms with Crippen molar-refractivity contribution in [1.29, 1.82) is 0 Å². The summed E-state index contributed by atoms with van der Waals surface area (Å²) < 4.78 is 13.0. The van der Waals surface area contributed by atoms with Gasteiger partial charge in [-0.15, -0.1) is 0 Å². The summed E-state index contributed by atoms with van der Waals surface area (Å²) >= 11 is 0. The lowest BCUT2D eigenvalue weighted by Gasteiger charge is -2.32. The van der Waals surface area contributed by atoms with Crippen LogP contribution in [0.1, 0.15) is 41.9 Å². The Hall–Kier alpha value is -2.98. The summed E-state index contributed by atoms with van der Waals surface area (Å²) in [6, 6.07) is 27.7. The fraction of sp³-hybridized carbons (Fsp3) is 0.321. The lowest BCUT2D eigenvalue weighted by atomic mass is 9.88. The lowest BCUT2D eigenvalue weighted by Crippen LogP contribution is -2.40. The zero-order valence-corrected chi connectivity index (χ0v) is 18.4. The average molecular weight is 431 g/mol. The topological polar surface area (TPSA) is 32.3 Å². The Balaban J connectivity index is 1.26. The van der Waals surface area contributed by atoms with Gasteiger partial charge in [0.25, 0.3) is 0 Å². The minimum atomic E-state index is -0.255. The van der Waals surface area contributed by atoms with Crippen molar-refractivity contribution in [1.82, 2.24) is 10.2 Å². The second kappa shape index (κ2) is 11.1. The summed E-state index contributed by atoms with van der Waals surface area (Å²) in [5.74, 6) is 0.300. The normalized spacial score (nSPS) is 15.1. The third kappa shape index (κ3) is 6.04. The van der Waals surface area contributed by atoms with Gasteiger partial charge in [-0.3, -0.25) is 4.79 Å². The zero-order chi connectivity index (χ0) is 22.2. The number of likely N-dealkylation sites (tertiary alicyclic amines) is 1. The summed E-state index contributed by atoms with van der Waals surface area (Å²) in [4.78, 5) is 15.1. The van der Waals surface area contributed by atoms with Gasteiger partial charge in [-0.1, -0.05) is 72.8 Å². The molecule has 4 rings (SSSR count). The van der Waals surface area contributed by atoms with E-state index in [0.717, 1.165) is 44.5 Å². The van der Waals surface area contributed by atoms with Crippen LogP contribution in [0.5, 0.6) is 0 Å². The molecule has 1 heterocycles. The van der Waals surface area contributed by atoms with Gasteiger partial charge in [0.1, 0.15) is 5.82 Å². The van der Waals surface area contributed by atoms with Crippen molar-refractivity contribution in [3.8, 4) is 0 Å². The van der Waals surface area contributed by atoms with E-state index in [1.165, 1.54) is 23.3 Å². The fourth-order valence-electron chi connectivity index (χ4n) is 4.56. The molecule has 0 atom stereocenters. The second-order valence-corrected chi connectivity index (χ2v) is 8.62. The zero-order valence-electron chi connectivity index (χ0n) is 18.4. The maximum Gasteiger partial charge on any atom is 0.223 e. The van der Waals surface area contributed by atoms with Crippen LogP contribution in [0.3, 0.4) is 0 Å². The van der Waals surface area contributed by atoms with Gasteiger partial charge >= 0.3 is 0 Å². The molecule has 1 amide bonds. The summed E-state index contributed by atoms with van der Waals surface area (Å²) in [6.45, 7) is 3.38. The number of carbonyl (C=O) groups is 1. The van der Waals surface area contributed by atoms with E-state index in [1.807, 2.05) is 0 Å². The quantitative estimate of drug-likeness (QED) is 0.521. The Morgan fingerprint density at radius 1 is 0.875 bits per heavy atom. The molecule has 0 unspecified atom stereocenters. The number of amides is 1. The smallest absolute Gasteiger partial charge is 0.223 e. The van der Waals surface area contributed by atoms with Gasteiger partial charge < -0.3 is 10.2 Å². The first-order valence-corrected chi connectivity index (χ1v) is 11.5. The molecular weight excluding hydrogens is 399 g/mol. The number of halogens is 1. The van der Waals surface area contributed by atoms with Crippen molar-refractivity contribution in [2.45, 2.75) is 31.7 Å². The minimum absolute atomic E-state index is 0.0609. The second-order valence-electron chi connectivity index (χ2n) is 8.62. The Morgan fingerprint density at radius 2 is 1.44 bits per heavy atom. The highest BCUT2D eigenvalue weighted by Gasteiger charge is 2.25. The van der Waals surface area contributed by atoms with Gasteiger partial charge in [-0.05, 0) is 67.7 Å². The van der Waals surface area contributed by atoms with Crippen molar-refractivity contribution in [3.63, 3.8) is 0 Å². The van der Waals surface area contributed by atoms with E-state index < -0.39 is 0 Å². The van der Waals surface area contributed by atoms with Crippen LogP contribution in [-0.4, -0.2) is 30.4 Å². The van der Waals surface area contributed by atoms with E-state index >= 15 is 0 Å². The number of piperidine rings is 1. The van der Waals surface area contributed by atoms with Crippen molar-refractivity contribution in [3.05, 3.63) is 107 Å². The van der Waals surface area contributed by atoms with Crippen LogP contribution in [0.4, 0.5) is 4.39 Å². The van der Waals surface area contributed by atoms with E-state index in [0.29, 0.717) is 12.5 Å². The molecule has 0 radical (unpaired) electrons. The predicted molar refractivity (Wildman–Crippen MR) is 127 cm³/mol. The number of nitrogens with one attached hydrogen (secondary N) is 1. The Bertz CT molecular complexity index is 928. The molecule has 3 aromatic rings. The van der Waals surface area contributed by atoms with E-state index in [9.17, 15) is 9.18 Å². The molecule has 0 bridgehead atoms. The van der Waals surface area contributed by atoms with Crippen molar-refractivity contribution in [2.24, 2.45) is 5.92 Å². The average Bonchev–Trinajstić information content (AvgIpc) is 2.85. The molecule has 166 valence electrons. The highest BCUT2D eigenvalue weighted by molar-refractivity contribution is 5.78. The van der Waals surface area contributed by atoms with Gasteiger partial charge in [0.15, 0.2) is 0 Å². The molecule has 3 aromatic carbocycles. The lowest BCUT2D eigenvalue weighted by molar-refractivity contribution is -0.126. The highest BCUT2D eigenvalue weighted by atomic mass is 19.1. The molecule has 0 saturated carbocycles. The third-order valence-electron chi connectivity index (χ3n) is 6.48. The first kappa shape index (κ1) is 22.2. The van der Waals surface area contributed by atoms with Crippen LogP contribution in [-0.2, 0) is 11.3 Å². The number of hydrogen-bond acceptors (Lipinski definition) is 2. The van der Waals surface area contributed by atoms with Crippen molar-refractivity contribution in [2.75, 3.05) is 19.6 Å². The molecule has 0 aromatic heterocycles. The van der Waals surface area contributed by atoms with Gasteiger partial charge in [0.05, 0.1) is 0 Å². The highest BCUT2D eigenvalue weighted by Crippen LogP contribution is 2.29. The summed E-state index contributed by atoms with van der Waals surface area (Å²) in [5, 5.41) is 3.02. The monoisotopic (exact) mass is 430 g/mol. The largest absolute Gasteiger partial charge is 0.352 e. The van der Waals surface area contributed by atoms with E-state index in [-0.39, 0.29) is 17.6 Å². The van der Waals surface area contributed by atoms with Gasteiger partial charge in [-0.2, -0.15) is 0 Å². The third-order valence-corrected chi connectivity index (χ3v) is 6.48. The van der Waals surface area contributed by atoms with Crippen LogP contribution in [0.25, 0.3) is 0 Å². The maximum absolute atomic E-state index is 13.0. The predicted octanol–water partition coefficient (Wildman–Crippen LogP) is 5.38. The standard InChI is InChI=1S/C28H31FN2O/c29-26-13-11-22(12-14-26)21-30-28(32)25-15-18-31(19-16-25)20-17-27(23-7-3-1-4-8-23)24-9-5-2-6-10-24/h1-14,25,27H,15-21H2,(H,30,32). The molecule has 3 nitrogen and oxygen atoms in total. The fourth-order valence-corrected chi connectivity index (χ4v) is 4.56. The molecular formula is C28H31FN2O. The first-order valence-electron chi connectivity index (χ1n) is 11.5. The summed E-state index contributed by atoms with van der Waals surface area (Å²) in [7, 11) is 0.